The highest BCUT2D eigenvalue weighted by Crippen LogP contribution is 2.36. The Morgan fingerprint density at radius 2 is 1.94 bits per heavy atom. The van der Waals surface area contributed by atoms with E-state index in [1.54, 1.807) is 18.2 Å². The van der Waals surface area contributed by atoms with E-state index in [2.05, 4.69) is 29.3 Å². The fourth-order valence-electron chi connectivity index (χ4n) is 4.71. The Kier molecular flexibility index (Phi) is 7.70. The average Bonchev–Trinajstić information content (AvgIpc) is 2.97. The van der Waals surface area contributed by atoms with Crippen molar-refractivity contribution in [3.8, 4) is 5.75 Å². The van der Waals surface area contributed by atoms with Crippen molar-refractivity contribution in [2.24, 2.45) is 5.92 Å². The van der Waals surface area contributed by atoms with Crippen molar-refractivity contribution in [3.63, 3.8) is 0 Å². The first kappa shape index (κ1) is 24.8. The molecule has 1 saturated heterocycles. The lowest BCUT2D eigenvalue weighted by Crippen LogP contribution is -2.39. The maximum absolute atomic E-state index is 13.0. The lowest BCUT2D eigenvalue weighted by molar-refractivity contribution is -0.128. The summed E-state index contributed by atoms with van der Waals surface area (Å²) in [6, 6.07) is 13.1. The summed E-state index contributed by atoms with van der Waals surface area (Å²) in [6.07, 6.45) is 3.11. The van der Waals surface area contributed by atoms with Crippen LogP contribution in [0.15, 0.2) is 42.5 Å². The summed E-state index contributed by atoms with van der Waals surface area (Å²) in [5, 5.41) is 3.36. The topological polar surface area (TPSA) is 79.0 Å². The maximum Gasteiger partial charge on any atom is 0.261 e. The Bertz CT molecular complexity index is 1140. The van der Waals surface area contributed by atoms with Gasteiger partial charge in [0.05, 0.1) is 11.9 Å². The van der Waals surface area contributed by atoms with Crippen LogP contribution in [-0.2, 0) is 27.9 Å². The van der Waals surface area contributed by atoms with Gasteiger partial charge in [-0.25, -0.2) is 8.42 Å². The van der Waals surface area contributed by atoms with Crippen molar-refractivity contribution < 1.29 is 17.9 Å². The Morgan fingerprint density at radius 1 is 1.15 bits per heavy atom. The number of hydrogen-bond donors (Lipinski definition) is 1. The third-order valence-electron chi connectivity index (χ3n) is 6.35. The van der Waals surface area contributed by atoms with Gasteiger partial charge in [0.25, 0.3) is 5.91 Å². The molecule has 0 bridgehead atoms. The van der Waals surface area contributed by atoms with Gasteiger partial charge in [0.2, 0.25) is 10.0 Å². The number of nitrogens with zero attached hydrogens (tertiary/aromatic N) is 2. The molecule has 2 heterocycles. The predicted octanol–water partition coefficient (Wildman–Crippen LogP) is 3.81. The van der Waals surface area contributed by atoms with Crippen LogP contribution in [-0.4, -0.2) is 51.2 Å². The molecule has 0 aliphatic carbocycles. The Labute approximate surface area is 207 Å². The van der Waals surface area contributed by atoms with E-state index in [1.807, 2.05) is 12.1 Å². The number of sulfonamides is 1. The number of rotatable bonds is 6. The highest BCUT2D eigenvalue weighted by Gasteiger charge is 2.31. The molecule has 2 aliphatic heterocycles. The summed E-state index contributed by atoms with van der Waals surface area (Å²) in [4.78, 5) is 15.4. The molecule has 1 N–H and O–H groups in total. The molecular formula is C25H32ClN3O4S. The molecule has 2 aliphatic rings. The molecule has 34 heavy (non-hydrogen) atoms. The van der Waals surface area contributed by atoms with Crippen LogP contribution in [0.4, 0.5) is 5.69 Å². The van der Waals surface area contributed by atoms with Gasteiger partial charge in [-0.15, -0.1) is 0 Å². The number of anilines is 1. The Balaban J connectivity index is 1.40. The molecule has 2 atom stereocenters. The number of hydrogen-bond acceptors (Lipinski definition) is 5. The number of nitrogens with one attached hydrogen (secondary N) is 1. The van der Waals surface area contributed by atoms with E-state index in [1.165, 1.54) is 22.7 Å². The molecule has 7 nitrogen and oxygen atoms in total. The second-order valence-electron chi connectivity index (χ2n) is 9.36. The lowest BCUT2D eigenvalue weighted by atomic mass is 9.99. The number of halogens is 1. The largest absolute Gasteiger partial charge is 0.478 e. The molecule has 0 spiro atoms. The fraction of sp³-hybridized carbons (Fsp3) is 0.480. The third kappa shape index (κ3) is 6.23. The van der Waals surface area contributed by atoms with Crippen molar-refractivity contribution in [1.29, 1.82) is 0 Å². The minimum Gasteiger partial charge on any atom is -0.478 e. The van der Waals surface area contributed by atoms with Crippen molar-refractivity contribution >= 4 is 33.2 Å². The van der Waals surface area contributed by atoms with Gasteiger partial charge in [-0.05, 0) is 54.6 Å². The highest BCUT2D eigenvalue weighted by molar-refractivity contribution is 7.92. The SMILES string of the molecule is CC1CCCN(Cc2cccc(CNC(=O)C3CCN(S(C)(=O)=O)c4cc(Cl)ccc4O3)c2)C1. The third-order valence-corrected chi connectivity index (χ3v) is 7.77. The first-order chi connectivity index (χ1) is 16.2. The predicted molar refractivity (Wildman–Crippen MR) is 135 cm³/mol. The van der Waals surface area contributed by atoms with Gasteiger partial charge in [-0.2, -0.15) is 0 Å². The van der Waals surface area contributed by atoms with Crippen molar-refractivity contribution in [2.45, 2.75) is 45.4 Å². The second kappa shape index (κ2) is 10.5. The quantitative estimate of drug-likeness (QED) is 0.646. The molecule has 184 valence electrons. The molecule has 0 radical (unpaired) electrons. The number of ether oxygens (including phenoxy) is 1. The van der Waals surface area contributed by atoms with Gasteiger partial charge in [0, 0.05) is 37.6 Å². The number of likely N-dealkylation sites (tertiary alicyclic amines) is 1. The van der Waals surface area contributed by atoms with Gasteiger partial charge in [-0.3, -0.25) is 14.0 Å². The smallest absolute Gasteiger partial charge is 0.261 e. The van der Waals surface area contributed by atoms with Gasteiger partial charge in [0.1, 0.15) is 5.75 Å². The summed E-state index contributed by atoms with van der Waals surface area (Å²) >= 11 is 6.08. The number of carbonyl (C=O) groups excluding carboxylic acids is 1. The standard InChI is InChI=1S/C25H32ClN3O4S/c1-18-5-4-11-28(16-18)17-20-7-3-6-19(13-20)15-27-25(30)24-10-12-29(34(2,31)32)22-14-21(26)8-9-23(22)33-24/h3,6-9,13-14,18,24H,4-5,10-12,15-17H2,1-2H3,(H,27,30). The first-order valence-corrected chi connectivity index (χ1v) is 13.9. The van der Waals surface area contributed by atoms with Crippen LogP contribution in [0.25, 0.3) is 0 Å². The molecule has 4 rings (SSSR count). The fourth-order valence-corrected chi connectivity index (χ4v) is 5.81. The summed E-state index contributed by atoms with van der Waals surface area (Å²) in [7, 11) is -3.55. The van der Waals surface area contributed by atoms with E-state index in [-0.39, 0.29) is 18.9 Å². The molecule has 2 unspecified atom stereocenters. The van der Waals surface area contributed by atoms with Crippen LogP contribution in [0.3, 0.4) is 0 Å². The van der Waals surface area contributed by atoms with E-state index in [4.69, 9.17) is 16.3 Å². The van der Waals surface area contributed by atoms with Crippen LogP contribution in [0.2, 0.25) is 5.02 Å². The average molecular weight is 506 g/mol. The van der Waals surface area contributed by atoms with Crippen LogP contribution in [0, 0.1) is 5.92 Å². The number of fused-ring (bicyclic) bond motifs is 1. The number of benzene rings is 2. The zero-order chi connectivity index (χ0) is 24.3. The highest BCUT2D eigenvalue weighted by atomic mass is 35.5. The summed E-state index contributed by atoms with van der Waals surface area (Å²) in [6.45, 7) is 5.98. The maximum atomic E-state index is 13.0. The number of piperidine rings is 1. The molecule has 1 amide bonds. The minimum absolute atomic E-state index is 0.133. The van der Waals surface area contributed by atoms with Gasteiger partial charge >= 0.3 is 0 Å². The van der Waals surface area contributed by atoms with Crippen LogP contribution >= 0.6 is 11.6 Å². The van der Waals surface area contributed by atoms with Crippen LogP contribution < -0.4 is 14.4 Å². The number of carbonyl (C=O) groups is 1. The van der Waals surface area contributed by atoms with E-state index >= 15 is 0 Å². The summed E-state index contributed by atoms with van der Waals surface area (Å²) in [5.41, 5.74) is 2.61. The Morgan fingerprint density at radius 3 is 2.71 bits per heavy atom. The number of amides is 1. The van der Waals surface area contributed by atoms with Crippen molar-refractivity contribution in [3.05, 3.63) is 58.6 Å². The van der Waals surface area contributed by atoms with Gasteiger partial charge in [0.15, 0.2) is 6.10 Å². The first-order valence-electron chi connectivity index (χ1n) is 11.7. The van der Waals surface area contributed by atoms with Crippen LogP contribution in [0.5, 0.6) is 5.75 Å². The zero-order valence-corrected chi connectivity index (χ0v) is 21.2. The normalized spacial score (nSPS) is 21.3. The van der Waals surface area contributed by atoms with Crippen LogP contribution in [0.1, 0.15) is 37.3 Å². The summed E-state index contributed by atoms with van der Waals surface area (Å²) < 4.78 is 31.8. The minimum atomic E-state index is -3.55. The van der Waals surface area contributed by atoms with Gasteiger partial charge < -0.3 is 10.1 Å². The zero-order valence-electron chi connectivity index (χ0n) is 19.7. The summed E-state index contributed by atoms with van der Waals surface area (Å²) in [5.74, 6) is 0.785. The molecule has 2 aromatic carbocycles. The van der Waals surface area contributed by atoms with E-state index in [9.17, 15) is 13.2 Å². The van der Waals surface area contributed by atoms with E-state index in [0.717, 1.165) is 37.4 Å². The van der Waals surface area contributed by atoms with E-state index in [0.29, 0.717) is 23.0 Å². The molecule has 0 saturated carbocycles. The monoisotopic (exact) mass is 505 g/mol. The van der Waals surface area contributed by atoms with Crippen molar-refractivity contribution in [2.75, 3.05) is 30.2 Å². The Hall–Kier alpha value is -2.29. The van der Waals surface area contributed by atoms with Gasteiger partial charge in [-0.1, -0.05) is 42.8 Å². The molecule has 9 heteroatoms. The molecular weight excluding hydrogens is 474 g/mol. The second-order valence-corrected chi connectivity index (χ2v) is 11.7. The molecule has 0 aromatic heterocycles. The molecule has 1 fully saturated rings. The lowest BCUT2D eigenvalue weighted by Gasteiger charge is -2.30. The molecule has 2 aromatic rings. The van der Waals surface area contributed by atoms with Crippen molar-refractivity contribution in [1.82, 2.24) is 10.2 Å². The van der Waals surface area contributed by atoms with E-state index < -0.39 is 16.1 Å².